The zero-order valence-electron chi connectivity index (χ0n) is 8.02. The molecule has 1 aliphatic rings. The SMILES string of the molecule is CC(=CCl)CNC1CCCC1CCl. The van der Waals surface area contributed by atoms with Crippen LogP contribution in [-0.4, -0.2) is 18.5 Å². The van der Waals surface area contributed by atoms with E-state index in [2.05, 4.69) is 5.32 Å². The molecule has 1 aliphatic carbocycles. The van der Waals surface area contributed by atoms with Gasteiger partial charge in [0.05, 0.1) is 0 Å². The van der Waals surface area contributed by atoms with Crippen molar-refractivity contribution in [2.24, 2.45) is 5.92 Å². The van der Waals surface area contributed by atoms with Crippen molar-refractivity contribution in [3.8, 4) is 0 Å². The number of alkyl halides is 1. The molecule has 0 saturated heterocycles. The van der Waals surface area contributed by atoms with Gasteiger partial charge in [0, 0.05) is 24.0 Å². The highest BCUT2D eigenvalue weighted by Gasteiger charge is 2.25. The van der Waals surface area contributed by atoms with E-state index < -0.39 is 0 Å². The first kappa shape index (κ1) is 11.4. The molecular weight excluding hydrogens is 205 g/mol. The van der Waals surface area contributed by atoms with E-state index in [4.69, 9.17) is 23.2 Å². The van der Waals surface area contributed by atoms with Crippen LogP contribution in [0.25, 0.3) is 0 Å². The first-order chi connectivity index (χ1) is 6.27. The van der Waals surface area contributed by atoms with Gasteiger partial charge in [-0.3, -0.25) is 0 Å². The zero-order chi connectivity index (χ0) is 9.68. The average molecular weight is 222 g/mol. The summed E-state index contributed by atoms with van der Waals surface area (Å²) in [5.74, 6) is 1.44. The third-order valence-corrected chi connectivity index (χ3v) is 3.46. The lowest BCUT2D eigenvalue weighted by Gasteiger charge is -2.18. The van der Waals surface area contributed by atoms with Crippen LogP contribution in [0.2, 0.25) is 0 Å². The van der Waals surface area contributed by atoms with Gasteiger partial charge >= 0.3 is 0 Å². The topological polar surface area (TPSA) is 12.0 Å². The molecule has 1 rings (SSSR count). The van der Waals surface area contributed by atoms with Crippen LogP contribution in [0.1, 0.15) is 26.2 Å². The number of rotatable bonds is 4. The first-order valence-electron chi connectivity index (χ1n) is 4.83. The zero-order valence-corrected chi connectivity index (χ0v) is 9.54. The van der Waals surface area contributed by atoms with Crippen LogP contribution < -0.4 is 5.32 Å². The van der Waals surface area contributed by atoms with E-state index in [-0.39, 0.29) is 0 Å². The fourth-order valence-corrected chi connectivity index (χ4v) is 2.27. The minimum Gasteiger partial charge on any atom is -0.310 e. The quantitative estimate of drug-likeness (QED) is 0.720. The lowest BCUT2D eigenvalue weighted by molar-refractivity contribution is 0.445. The highest BCUT2D eigenvalue weighted by Crippen LogP contribution is 2.26. The number of nitrogens with one attached hydrogen (secondary N) is 1. The summed E-state index contributed by atoms with van der Waals surface area (Å²) in [6, 6.07) is 0.601. The Bertz CT molecular complexity index is 180. The second-order valence-electron chi connectivity index (χ2n) is 3.79. The molecule has 76 valence electrons. The van der Waals surface area contributed by atoms with Crippen LogP contribution in [0.4, 0.5) is 0 Å². The van der Waals surface area contributed by atoms with Gasteiger partial charge in [-0.2, -0.15) is 0 Å². The molecule has 0 spiro atoms. The highest BCUT2D eigenvalue weighted by atomic mass is 35.5. The molecule has 3 heteroatoms. The van der Waals surface area contributed by atoms with Crippen molar-refractivity contribution >= 4 is 23.2 Å². The summed E-state index contributed by atoms with van der Waals surface area (Å²) < 4.78 is 0. The van der Waals surface area contributed by atoms with Crippen molar-refractivity contribution < 1.29 is 0 Å². The Labute approximate surface area is 90.5 Å². The summed E-state index contributed by atoms with van der Waals surface area (Å²) in [6.45, 7) is 2.92. The van der Waals surface area contributed by atoms with Gasteiger partial charge in [0.2, 0.25) is 0 Å². The summed E-state index contributed by atoms with van der Waals surface area (Å²) in [5.41, 5.74) is 2.82. The molecular formula is C10H17Cl2N. The van der Waals surface area contributed by atoms with Gasteiger partial charge in [0.15, 0.2) is 0 Å². The van der Waals surface area contributed by atoms with Gasteiger partial charge < -0.3 is 5.32 Å². The Morgan fingerprint density at radius 2 is 2.31 bits per heavy atom. The van der Waals surface area contributed by atoms with Gasteiger partial charge in [-0.05, 0) is 31.3 Å². The van der Waals surface area contributed by atoms with E-state index in [1.807, 2.05) is 6.92 Å². The van der Waals surface area contributed by atoms with Gasteiger partial charge in [-0.1, -0.05) is 18.0 Å². The van der Waals surface area contributed by atoms with E-state index in [9.17, 15) is 0 Å². The van der Waals surface area contributed by atoms with Gasteiger partial charge in [-0.15, -0.1) is 11.6 Å². The van der Waals surface area contributed by atoms with Crippen molar-refractivity contribution in [3.63, 3.8) is 0 Å². The third-order valence-electron chi connectivity index (χ3n) is 2.69. The van der Waals surface area contributed by atoms with Gasteiger partial charge in [0.1, 0.15) is 0 Å². The molecule has 0 bridgehead atoms. The molecule has 0 heterocycles. The molecule has 2 atom stereocenters. The Morgan fingerprint density at radius 3 is 2.92 bits per heavy atom. The molecule has 0 amide bonds. The molecule has 1 saturated carbocycles. The maximum absolute atomic E-state index is 5.87. The number of hydrogen-bond donors (Lipinski definition) is 1. The Balaban J connectivity index is 2.27. The summed E-state index contributed by atoms with van der Waals surface area (Å²) in [6.07, 6.45) is 3.83. The molecule has 1 fully saturated rings. The monoisotopic (exact) mass is 221 g/mol. The van der Waals surface area contributed by atoms with Crippen LogP contribution >= 0.6 is 23.2 Å². The largest absolute Gasteiger partial charge is 0.310 e. The van der Waals surface area contributed by atoms with E-state index in [0.29, 0.717) is 12.0 Å². The third kappa shape index (κ3) is 3.49. The summed E-state index contributed by atoms with van der Waals surface area (Å²) in [4.78, 5) is 0. The number of hydrogen-bond acceptors (Lipinski definition) is 1. The Kier molecular flexibility index (Phi) is 5.15. The van der Waals surface area contributed by atoms with E-state index in [1.165, 1.54) is 24.8 Å². The predicted octanol–water partition coefficient (Wildman–Crippen LogP) is 3.13. The second kappa shape index (κ2) is 5.90. The van der Waals surface area contributed by atoms with Crippen LogP contribution in [0.5, 0.6) is 0 Å². The number of halogens is 2. The lowest BCUT2D eigenvalue weighted by Crippen LogP contribution is -2.34. The smallest absolute Gasteiger partial charge is 0.0266 e. The van der Waals surface area contributed by atoms with E-state index in [0.717, 1.165) is 12.4 Å². The lowest BCUT2D eigenvalue weighted by atomic mass is 10.1. The second-order valence-corrected chi connectivity index (χ2v) is 4.31. The fraction of sp³-hybridized carbons (Fsp3) is 0.800. The fourth-order valence-electron chi connectivity index (χ4n) is 1.82. The minimum atomic E-state index is 0.601. The van der Waals surface area contributed by atoms with Crippen LogP contribution in [-0.2, 0) is 0 Å². The van der Waals surface area contributed by atoms with Gasteiger partial charge in [-0.25, -0.2) is 0 Å². The molecule has 0 aromatic carbocycles. The van der Waals surface area contributed by atoms with Crippen molar-refractivity contribution in [1.82, 2.24) is 5.32 Å². The van der Waals surface area contributed by atoms with Crippen LogP contribution in [0.15, 0.2) is 11.1 Å². The van der Waals surface area contributed by atoms with Crippen molar-refractivity contribution in [2.75, 3.05) is 12.4 Å². The molecule has 0 aromatic heterocycles. The molecule has 1 N–H and O–H groups in total. The summed E-state index contributed by atoms with van der Waals surface area (Å²) in [5, 5.41) is 3.50. The molecule has 0 aliphatic heterocycles. The Hall–Kier alpha value is 0.280. The van der Waals surface area contributed by atoms with E-state index >= 15 is 0 Å². The average Bonchev–Trinajstić information content (AvgIpc) is 2.61. The summed E-state index contributed by atoms with van der Waals surface area (Å²) in [7, 11) is 0. The van der Waals surface area contributed by atoms with Crippen molar-refractivity contribution in [3.05, 3.63) is 11.1 Å². The molecule has 2 unspecified atom stereocenters. The Morgan fingerprint density at radius 1 is 1.54 bits per heavy atom. The van der Waals surface area contributed by atoms with Crippen molar-refractivity contribution in [1.29, 1.82) is 0 Å². The molecule has 13 heavy (non-hydrogen) atoms. The van der Waals surface area contributed by atoms with Crippen LogP contribution in [0.3, 0.4) is 0 Å². The van der Waals surface area contributed by atoms with E-state index in [1.54, 1.807) is 5.54 Å². The normalized spacial score (nSPS) is 29.6. The van der Waals surface area contributed by atoms with Crippen LogP contribution in [0, 0.1) is 5.92 Å². The molecule has 0 radical (unpaired) electrons. The molecule has 1 nitrogen and oxygen atoms in total. The standard InChI is InChI=1S/C10H17Cl2N/c1-8(5-11)7-13-10-4-2-3-9(10)6-12/h5,9-10,13H,2-4,6-7H2,1H3. The molecule has 0 aromatic rings. The summed E-state index contributed by atoms with van der Waals surface area (Å²) >= 11 is 11.5. The van der Waals surface area contributed by atoms with Crippen molar-refractivity contribution in [2.45, 2.75) is 32.2 Å². The van der Waals surface area contributed by atoms with Gasteiger partial charge in [0.25, 0.3) is 0 Å². The minimum absolute atomic E-state index is 0.601. The maximum atomic E-state index is 5.87. The first-order valence-corrected chi connectivity index (χ1v) is 5.80. The highest BCUT2D eigenvalue weighted by molar-refractivity contribution is 6.25. The maximum Gasteiger partial charge on any atom is 0.0266 e. The predicted molar refractivity (Wildman–Crippen MR) is 59.5 cm³/mol.